The molecule has 1 fully saturated rings. The highest BCUT2D eigenvalue weighted by Gasteiger charge is 2.22. The van der Waals surface area contributed by atoms with E-state index in [-0.39, 0.29) is 16.6 Å². The van der Waals surface area contributed by atoms with Crippen LogP contribution in [0.15, 0.2) is 23.1 Å². The molecule has 2 rings (SSSR count). The van der Waals surface area contributed by atoms with Crippen molar-refractivity contribution in [1.82, 2.24) is 4.90 Å². The van der Waals surface area contributed by atoms with E-state index in [9.17, 15) is 18.5 Å². The highest BCUT2D eigenvalue weighted by Crippen LogP contribution is 2.28. The second-order valence-electron chi connectivity index (χ2n) is 5.74. The molecule has 0 amide bonds. The standard InChI is InChI=1S/C14H22N4O4S/c1-2-11(10-17-7-3-4-8-17)16-13-6-5-12(23(15,21)22)9-14(13)18(19)20/h5-6,9,11,16H,2-4,7-8,10H2,1H3,(H2,15,21,22)/t11-/m0/s1. The van der Waals surface area contributed by atoms with Gasteiger partial charge in [0.25, 0.3) is 5.69 Å². The van der Waals surface area contributed by atoms with Crippen molar-refractivity contribution >= 4 is 21.4 Å². The molecule has 0 radical (unpaired) electrons. The summed E-state index contributed by atoms with van der Waals surface area (Å²) in [6.07, 6.45) is 3.17. The number of benzene rings is 1. The first kappa shape index (κ1) is 17.6. The van der Waals surface area contributed by atoms with Gasteiger partial charge < -0.3 is 10.2 Å². The summed E-state index contributed by atoms with van der Waals surface area (Å²) in [4.78, 5) is 12.7. The van der Waals surface area contributed by atoms with Gasteiger partial charge in [-0.25, -0.2) is 13.6 Å². The molecule has 1 aromatic carbocycles. The molecule has 1 aliphatic rings. The largest absolute Gasteiger partial charge is 0.375 e. The van der Waals surface area contributed by atoms with Crippen molar-refractivity contribution < 1.29 is 13.3 Å². The maximum atomic E-state index is 11.4. The Morgan fingerprint density at radius 3 is 2.57 bits per heavy atom. The molecule has 0 bridgehead atoms. The van der Waals surface area contributed by atoms with E-state index < -0.39 is 14.9 Å². The number of nitrogens with zero attached hydrogens (tertiary/aromatic N) is 2. The minimum absolute atomic E-state index is 0.0622. The van der Waals surface area contributed by atoms with Gasteiger partial charge in [0.1, 0.15) is 5.69 Å². The van der Waals surface area contributed by atoms with E-state index in [4.69, 9.17) is 5.14 Å². The number of primary sulfonamides is 1. The summed E-state index contributed by atoms with van der Waals surface area (Å²) in [5.74, 6) is 0. The summed E-state index contributed by atoms with van der Waals surface area (Å²) in [5.41, 5.74) is 0.0323. The molecular weight excluding hydrogens is 320 g/mol. The molecule has 0 spiro atoms. The summed E-state index contributed by atoms with van der Waals surface area (Å²) >= 11 is 0. The number of hydrogen-bond acceptors (Lipinski definition) is 6. The van der Waals surface area contributed by atoms with Crippen LogP contribution in [0.4, 0.5) is 11.4 Å². The molecule has 0 aliphatic carbocycles. The third-order valence-electron chi connectivity index (χ3n) is 4.02. The molecule has 1 aliphatic heterocycles. The fourth-order valence-electron chi connectivity index (χ4n) is 2.74. The summed E-state index contributed by atoms with van der Waals surface area (Å²) < 4.78 is 22.7. The highest BCUT2D eigenvalue weighted by atomic mass is 32.2. The molecule has 9 heteroatoms. The van der Waals surface area contributed by atoms with E-state index >= 15 is 0 Å². The number of sulfonamides is 1. The molecule has 0 aromatic heterocycles. The second-order valence-corrected chi connectivity index (χ2v) is 7.30. The Balaban J connectivity index is 2.21. The van der Waals surface area contributed by atoms with Gasteiger partial charge in [0.05, 0.1) is 9.82 Å². The molecule has 1 atom stereocenters. The van der Waals surface area contributed by atoms with Crippen molar-refractivity contribution in [2.75, 3.05) is 25.0 Å². The maximum absolute atomic E-state index is 11.4. The number of nitro benzene ring substituents is 1. The van der Waals surface area contributed by atoms with Crippen molar-refractivity contribution in [2.45, 2.75) is 37.1 Å². The monoisotopic (exact) mass is 342 g/mol. The first-order valence-electron chi connectivity index (χ1n) is 7.61. The molecule has 0 unspecified atom stereocenters. The van der Waals surface area contributed by atoms with Crippen molar-refractivity contribution in [1.29, 1.82) is 0 Å². The quantitative estimate of drug-likeness (QED) is 0.573. The van der Waals surface area contributed by atoms with Gasteiger partial charge >= 0.3 is 0 Å². The predicted octanol–water partition coefficient (Wildman–Crippen LogP) is 1.53. The van der Waals surface area contributed by atoms with Crippen LogP contribution >= 0.6 is 0 Å². The summed E-state index contributed by atoms with van der Waals surface area (Å²) in [6.45, 7) is 4.91. The van der Waals surface area contributed by atoms with E-state index in [0.29, 0.717) is 5.69 Å². The van der Waals surface area contributed by atoms with Crippen LogP contribution in [0.1, 0.15) is 26.2 Å². The van der Waals surface area contributed by atoms with E-state index in [2.05, 4.69) is 10.2 Å². The van der Waals surface area contributed by atoms with Crippen molar-refractivity contribution in [3.8, 4) is 0 Å². The van der Waals surface area contributed by atoms with Crippen LogP contribution in [0, 0.1) is 10.1 Å². The third kappa shape index (κ3) is 4.63. The third-order valence-corrected chi connectivity index (χ3v) is 4.94. The van der Waals surface area contributed by atoms with Gasteiger partial charge in [0.15, 0.2) is 0 Å². The Labute approximate surface area is 135 Å². The lowest BCUT2D eigenvalue weighted by Crippen LogP contribution is -2.34. The average molecular weight is 342 g/mol. The Bertz CT molecular complexity index is 671. The molecule has 1 heterocycles. The van der Waals surface area contributed by atoms with Crippen LogP contribution in [0.5, 0.6) is 0 Å². The fraction of sp³-hybridized carbons (Fsp3) is 0.571. The molecule has 128 valence electrons. The number of hydrogen-bond donors (Lipinski definition) is 2. The highest BCUT2D eigenvalue weighted by molar-refractivity contribution is 7.89. The fourth-order valence-corrected chi connectivity index (χ4v) is 3.27. The van der Waals surface area contributed by atoms with E-state index in [1.807, 2.05) is 6.92 Å². The van der Waals surface area contributed by atoms with Crippen LogP contribution in [0.25, 0.3) is 0 Å². The molecule has 0 saturated carbocycles. The Morgan fingerprint density at radius 1 is 1.39 bits per heavy atom. The Kier molecular flexibility index (Phi) is 5.55. The van der Waals surface area contributed by atoms with Gasteiger partial charge in [-0.1, -0.05) is 6.92 Å². The normalized spacial score (nSPS) is 17.1. The average Bonchev–Trinajstić information content (AvgIpc) is 2.98. The minimum Gasteiger partial charge on any atom is -0.375 e. The van der Waals surface area contributed by atoms with Crippen LogP contribution in [0.3, 0.4) is 0 Å². The molecule has 3 N–H and O–H groups in total. The number of rotatable bonds is 7. The summed E-state index contributed by atoms with van der Waals surface area (Å²) in [5, 5.41) is 19.4. The van der Waals surface area contributed by atoms with Crippen molar-refractivity contribution in [3.63, 3.8) is 0 Å². The van der Waals surface area contributed by atoms with Crippen LogP contribution in [-0.2, 0) is 10.0 Å². The minimum atomic E-state index is -3.97. The number of anilines is 1. The first-order valence-corrected chi connectivity index (χ1v) is 9.16. The number of nitro groups is 1. The van der Waals surface area contributed by atoms with Crippen molar-refractivity contribution in [2.24, 2.45) is 5.14 Å². The zero-order chi connectivity index (χ0) is 17.0. The molecule has 23 heavy (non-hydrogen) atoms. The van der Waals surface area contributed by atoms with Gasteiger partial charge in [-0.2, -0.15) is 0 Å². The number of likely N-dealkylation sites (tertiary alicyclic amines) is 1. The summed E-state index contributed by atoms with van der Waals surface area (Å²) in [6, 6.07) is 3.75. The second kappa shape index (κ2) is 7.24. The van der Waals surface area contributed by atoms with Gasteiger partial charge in [0.2, 0.25) is 10.0 Å². The Hall–Kier alpha value is -1.71. The van der Waals surface area contributed by atoms with Gasteiger partial charge in [-0.15, -0.1) is 0 Å². The molecule has 1 aromatic rings. The Morgan fingerprint density at radius 2 is 2.04 bits per heavy atom. The SMILES string of the molecule is CC[C@@H](CN1CCCC1)Nc1ccc(S(N)(=O)=O)cc1[N+](=O)[O-]. The smallest absolute Gasteiger partial charge is 0.293 e. The van der Waals surface area contributed by atoms with E-state index in [1.54, 1.807) is 0 Å². The lowest BCUT2D eigenvalue weighted by Gasteiger charge is -2.24. The van der Waals surface area contributed by atoms with E-state index in [1.165, 1.54) is 25.0 Å². The van der Waals surface area contributed by atoms with Gasteiger partial charge in [-0.05, 0) is 44.5 Å². The van der Waals surface area contributed by atoms with Crippen molar-refractivity contribution in [3.05, 3.63) is 28.3 Å². The van der Waals surface area contributed by atoms with E-state index in [0.717, 1.165) is 32.1 Å². The van der Waals surface area contributed by atoms with Gasteiger partial charge in [-0.3, -0.25) is 10.1 Å². The zero-order valence-corrected chi connectivity index (χ0v) is 13.9. The lowest BCUT2D eigenvalue weighted by molar-refractivity contribution is -0.384. The summed E-state index contributed by atoms with van der Waals surface area (Å²) in [7, 11) is -3.97. The lowest BCUT2D eigenvalue weighted by atomic mass is 10.2. The first-order chi connectivity index (χ1) is 10.8. The topological polar surface area (TPSA) is 119 Å². The maximum Gasteiger partial charge on any atom is 0.293 e. The van der Waals surface area contributed by atoms with Crippen LogP contribution in [-0.4, -0.2) is 43.9 Å². The molecular formula is C14H22N4O4S. The molecule has 8 nitrogen and oxygen atoms in total. The zero-order valence-electron chi connectivity index (χ0n) is 13.1. The van der Waals surface area contributed by atoms with Crippen LogP contribution in [0.2, 0.25) is 0 Å². The predicted molar refractivity (Wildman–Crippen MR) is 87.8 cm³/mol. The van der Waals surface area contributed by atoms with Gasteiger partial charge in [0, 0.05) is 18.7 Å². The van der Waals surface area contributed by atoms with Crippen LogP contribution < -0.4 is 10.5 Å². The number of nitrogens with one attached hydrogen (secondary N) is 1. The molecule has 1 saturated heterocycles. The number of nitrogens with two attached hydrogens (primary N) is 1.